The van der Waals surface area contributed by atoms with Gasteiger partial charge in [-0.05, 0) is 5.56 Å². The average Bonchev–Trinajstić information content (AvgIpc) is 2.41. The predicted molar refractivity (Wildman–Crippen MR) is 72.1 cm³/mol. The highest BCUT2D eigenvalue weighted by Crippen LogP contribution is 2.09. The van der Waals surface area contributed by atoms with Crippen molar-refractivity contribution < 1.29 is 9.42 Å². The van der Waals surface area contributed by atoms with Gasteiger partial charge in [-0.1, -0.05) is 29.4 Å². The van der Waals surface area contributed by atoms with Crippen LogP contribution < -0.4 is 5.73 Å². The summed E-state index contributed by atoms with van der Waals surface area (Å²) >= 11 is 0. The summed E-state index contributed by atoms with van der Waals surface area (Å²) in [5, 5.41) is 11.5. The van der Waals surface area contributed by atoms with Gasteiger partial charge in [-0.25, -0.2) is 0 Å². The fourth-order valence-electron chi connectivity index (χ4n) is 1.93. The molecule has 1 heterocycles. The molecule has 1 saturated heterocycles. The summed E-state index contributed by atoms with van der Waals surface area (Å²) in [6.45, 7) is 2.62. The van der Waals surface area contributed by atoms with E-state index in [1.54, 1.807) is 0 Å². The second-order valence-corrected chi connectivity index (χ2v) is 6.00. The van der Waals surface area contributed by atoms with Gasteiger partial charge < -0.3 is 10.9 Å². The summed E-state index contributed by atoms with van der Waals surface area (Å²) in [4.78, 5) is 2.29. The van der Waals surface area contributed by atoms with Gasteiger partial charge in [0.15, 0.2) is 5.84 Å². The third kappa shape index (κ3) is 3.30. The molecule has 0 unspecified atom stereocenters. The van der Waals surface area contributed by atoms with E-state index < -0.39 is 10.8 Å². The van der Waals surface area contributed by atoms with Crippen molar-refractivity contribution in [3.05, 3.63) is 35.4 Å². The van der Waals surface area contributed by atoms with E-state index in [0.717, 1.165) is 31.1 Å². The molecule has 0 spiro atoms. The highest BCUT2D eigenvalue weighted by atomic mass is 32.2. The van der Waals surface area contributed by atoms with Crippen LogP contribution in [0.3, 0.4) is 0 Å². The Labute approximate surface area is 109 Å². The summed E-state index contributed by atoms with van der Waals surface area (Å²) in [5.41, 5.74) is 7.39. The SMILES string of the molecule is N/C(=N/O)c1ccc(CN2CCS(=O)CC2)cc1. The van der Waals surface area contributed by atoms with Crippen LogP contribution >= 0.6 is 0 Å². The molecule has 1 aromatic carbocycles. The van der Waals surface area contributed by atoms with E-state index in [9.17, 15) is 4.21 Å². The van der Waals surface area contributed by atoms with Crippen LogP contribution in [0.2, 0.25) is 0 Å². The molecule has 0 aliphatic carbocycles. The first-order valence-electron chi connectivity index (χ1n) is 5.83. The lowest BCUT2D eigenvalue weighted by atomic mass is 10.1. The summed E-state index contributed by atoms with van der Waals surface area (Å²) in [6, 6.07) is 7.62. The lowest BCUT2D eigenvalue weighted by molar-refractivity contribution is 0.291. The van der Waals surface area contributed by atoms with Crippen LogP contribution in [0.4, 0.5) is 0 Å². The first kappa shape index (κ1) is 13.0. The number of hydrogen-bond donors (Lipinski definition) is 2. The fourth-order valence-corrected chi connectivity index (χ4v) is 3.06. The first-order valence-corrected chi connectivity index (χ1v) is 7.32. The maximum Gasteiger partial charge on any atom is 0.170 e. The van der Waals surface area contributed by atoms with Gasteiger partial charge >= 0.3 is 0 Å². The van der Waals surface area contributed by atoms with Gasteiger partial charge in [-0.3, -0.25) is 9.11 Å². The Hall–Kier alpha value is -1.40. The minimum atomic E-state index is -0.632. The third-order valence-electron chi connectivity index (χ3n) is 3.03. The molecule has 18 heavy (non-hydrogen) atoms. The molecule has 0 amide bonds. The van der Waals surface area contributed by atoms with E-state index in [1.165, 1.54) is 5.56 Å². The summed E-state index contributed by atoms with van der Waals surface area (Å²) in [6.07, 6.45) is 0. The third-order valence-corrected chi connectivity index (χ3v) is 4.31. The number of benzene rings is 1. The Kier molecular flexibility index (Phi) is 4.33. The Morgan fingerprint density at radius 2 is 1.94 bits per heavy atom. The quantitative estimate of drug-likeness (QED) is 0.358. The second-order valence-electron chi connectivity index (χ2n) is 4.31. The maximum absolute atomic E-state index is 11.2. The molecule has 1 aliphatic heterocycles. The normalized spacial score (nSPS) is 19.0. The van der Waals surface area contributed by atoms with Gasteiger partial charge in [0.2, 0.25) is 0 Å². The number of nitrogens with zero attached hydrogens (tertiary/aromatic N) is 2. The number of rotatable bonds is 3. The van der Waals surface area contributed by atoms with Crippen molar-refractivity contribution in [2.45, 2.75) is 6.54 Å². The highest BCUT2D eigenvalue weighted by Gasteiger charge is 2.14. The molecular weight excluding hydrogens is 250 g/mol. The molecule has 1 aromatic rings. The monoisotopic (exact) mass is 267 g/mol. The summed E-state index contributed by atoms with van der Waals surface area (Å²) < 4.78 is 11.2. The van der Waals surface area contributed by atoms with Crippen LogP contribution in [-0.2, 0) is 17.3 Å². The highest BCUT2D eigenvalue weighted by molar-refractivity contribution is 7.85. The number of hydrogen-bond acceptors (Lipinski definition) is 4. The zero-order chi connectivity index (χ0) is 13.0. The molecule has 0 aromatic heterocycles. The number of nitrogens with two attached hydrogens (primary N) is 1. The van der Waals surface area contributed by atoms with Crippen molar-refractivity contribution in [3.8, 4) is 0 Å². The van der Waals surface area contributed by atoms with Gasteiger partial charge in [0.05, 0.1) is 0 Å². The van der Waals surface area contributed by atoms with Crippen molar-refractivity contribution in [1.82, 2.24) is 4.90 Å². The molecule has 98 valence electrons. The molecule has 1 aliphatic rings. The van der Waals surface area contributed by atoms with Gasteiger partial charge in [0.1, 0.15) is 0 Å². The van der Waals surface area contributed by atoms with E-state index >= 15 is 0 Å². The van der Waals surface area contributed by atoms with Crippen molar-refractivity contribution >= 4 is 16.6 Å². The zero-order valence-electron chi connectivity index (χ0n) is 10.1. The Balaban J connectivity index is 1.96. The Bertz CT molecular complexity index is 449. The minimum Gasteiger partial charge on any atom is -0.409 e. The average molecular weight is 267 g/mol. The second kappa shape index (κ2) is 5.97. The molecule has 0 bridgehead atoms. The predicted octanol–water partition coefficient (Wildman–Crippen LogP) is 0.345. The van der Waals surface area contributed by atoms with Gasteiger partial charge in [0.25, 0.3) is 0 Å². The van der Waals surface area contributed by atoms with Gasteiger partial charge in [-0.15, -0.1) is 0 Å². The molecule has 6 heteroatoms. The lowest BCUT2D eigenvalue weighted by Crippen LogP contribution is -2.37. The van der Waals surface area contributed by atoms with E-state index in [1.807, 2.05) is 24.3 Å². The molecule has 3 N–H and O–H groups in total. The minimum absolute atomic E-state index is 0.120. The number of oxime groups is 1. The van der Waals surface area contributed by atoms with Gasteiger partial charge in [0, 0.05) is 47.5 Å². The smallest absolute Gasteiger partial charge is 0.170 e. The van der Waals surface area contributed by atoms with E-state index in [0.29, 0.717) is 5.56 Å². The van der Waals surface area contributed by atoms with Crippen LogP contribution in [-0.4, -0.2) is 44.7 Å². The van der Waals surface area contributed by atoms with Crippen molar-refractivity contribution in [1.29, 1.82) is 0 Å². The summed E-state index contributed by atoms with van der Waals surface area (Å²) in [7, 11) is -0.632. The van der Waals surface area contributed by atoms with Crippen LogP contribution in [0.25, 0.3) is 0 Å². The maximum atomic E-state index is 11.2. The molecule has 0 saturated carbocycles. The van der Waals surface area contributed by atoms with Crippen LogP contribution in [0.5, 0.6) is 0 Å². The lowest BCUT2D eigenvalue weighted by Gasteiger charge is -2.26. The number of amidine groups is 1. The van der Waals surface area contributed by atoms with Crippen LogP contribution in [0.15, 0.2) is 29.4 Å². The Morgan fingerprint density at radius 1 is 1.33 bits per heavy atom. The fraction of sp³-hybridized carbons (Fsp3) is 0.417. The van der Waals surface area contributed by atoms with E-state index in [-0.39, 0.29) is 5.84 Å². The van der Waals surface area contributed by atoms with Crippen molar-refractivity contribution in [2.24, 2.45) is 10.9 Å². The summed E-state index contributed by atoms with van der Waals surface area (Å²) in [5.74, 6) is 1.65. The zero-order valence-corrected chi connectivity index (χ0v) is 10.9. The van der Waals surface area contributed by atoms with Crippen molar-refractivity contribution in [3.63, 3.8) is 0 Å². The molecule has 0 radical (unpaired) electrons. The molecule has 5 nitrogen and oxygen atoms in total. The molecular formula is C12H17N3O2S. The molecule has 1 fully saturated rings. The Morgan fingerprint density at radius 3 is 2.50 bits per heavy atom. The van der Waals surface area contributed by atoms with Gasteiger partial charge in [-0.2, -0.15) is 0 Å². The molecule has 0 atom stereocenters. The van der Waals surface area contributed by atoms with E-state index in [4.69, 9.17) is 10.9 Å². The standard InChI is InChI=1S/C12H17N3O2S/c13-12(14-16)11-3-1-10(2-4-11)9-15-5-7-18(17)8-6-15/h1-4,16H,5-9H2,(H2,13,14). The largest absolute Gasteiger partial charge is 0.409 e. The topological polar surface area (TPSA) is 78.9 Å². The first-order chi connectivity index (χ1) is 8.69. The van der Waals surface area contributed by atoms with E-state index in [2.05, 4.69) is 10.1 Å². The van der Waals surface area contributed by atoms with Crippen molar-refractivity contribution in [2.75, 3.05) is 24.6 Å². The van der Waals surface area contributed by atoms with Crippen LogP contribution in [0.1, 0.15) is 11.1 Å². The van der Waals surface area contributed by atoms with Crippen LogP contribution in [0, 0.1) is 0 Å². The molecule has 2 rings (SSSR count).